The van der Waals surface area contributed by atoms with Crippen molar-refractivity contribution in [1.82, 2.24) is 4.98 Å². The quantitative estimate of drug-likeness (QED) is 0.518. The highest BCUT2D eigenvalue weighted by molar-refractivity contribution is 7.22. The zero-order valence-electron chi connectivity index (χ0n) is 14.5. The van der Waals surface area contributed by atoms with Gasteiger partial charge in [0.25, 0.3) is 11.8 Å². The predicted octanol–water partition coefficient (Wildman–Crippen LogP) is 4.94. The summed E-state index contributed by atoms with van der Waals surface area (Å²) < 4.78 is 14.5. The van der Waals surface area contributed by atoms with Crippen LogP contribution in [0.2, 0.25) is 0 Å². The van der Waals surface area contributed by atoms with Gasteiger partial charge in [0.2, 0.25) is 0 Å². The molecule has 0 bridgehead atoms. The molecular weight excluding hydrogens is 377 g/mol. The van der Waals surface area contributed by atoms with E-state index in [1.807, 2.05) is 6.07 Å². The summed E-state index contributed by atoms with van der Waals surface area (Å²) in [5.74, 6) is -1.35. The Morgan fingerprint density at radius 3 is 2.39 bits per heavy atom. The lowest BCUT2D eigenvalue weighted by Gasteiger charge is -2.05. The van der Waals surface area contributed by atoms with Gasteiger partial charge in [-0.3, -0.25) is 14.9 Å². The Kier molecular flexibility index (Phi) is 4.82. The minimum atomic E-state index is -0.579. The maximum Gasteiger partial charge on any atom is 0.258 e. The van der Waals surface area contributed by atoms with Crippen LogP contribution in [0.15, 0.2) is 72.8 Å². The van der Waals surface area contributed by atoms with Crippen molar-refractivity contribution in [2.24, 2.45) is 0 Å². The molecule has 2 N–H and O–H groups in total. The molecule has 7 heteroatoms. The van der Waals surface area contributed by atoms with E-state index in [1.165, 1.54) is 29.5 Å². The Labute approximate surface area is 163 Å². The van der Waals surface area contributed by atoms with Gasteiger partial charge in [0.1, 0.15) is 5.82 Å². The number of amides is 2. The van der Waals surface area contributed by atoms with E-state index in [0.29, 0.717) is 21.9 Å². The van der Waals surface area contributed by atoms with E-state index in [9.17, 15) is 14.0 Å². The summed E-state index contributed by atoms with van der Waals surface area (Å²) in [5.41, 5.74) is 1.73. The van der Waals surface area contributed by atoms with Gasteiger partial charge in [0.15, 0.2) is 5.13 Å². The summed E-state index contributed by atoms with van der Waals surface area (Å²) in [5, 5.41) is 5.91. The van der Waals surface area contributed by atoms with Crippen molar-refractivity contribution < 1.29 is 14.0 Å². The van der Waals surface area contributed by atoms with Crippen molar-refractivity contribution >= 4 is 44.2 Å². The first-order chi connectivity index (χ1) is 13.6. The minimum absolute atomic E-state index is 0.0253. The van der Waals surface area contributed by atoms with Crippen LogP contribution in [0.5, 0.6) is 0 Å². The number of aromatic nitrogens is 1. The van der Waals surface area contributed by atoms with Crippen LogP contribution >= 0.6 is 11.3 Å². The van der Waals surface area contributed by atoms with Gasteiger partial charge in [-0.2, -0.15) is 0 Å². The molecule has 0 aliphatic rings. The molecule has 1 aromatic heterocycles. The maximum atomic E-state index is 13.8. The Morgan fingerprint density at radius 1 is 0.857 bits per heavy atom. The molecule has 0 spiro atoms. The molecule has 4 rings (SSSR count). The number of thiazole rings is 1. The van der Waals surface area contributed by atoms with Crippen molar-refractivity contribution in [3.05, 3.63) is 89.7 Å². The lowest BCUT2D eigenvalue weighted by molar-refractivity contribution is 0.101. The highest BCUT2D eigenvalue weighted by atomic mass is 32.1. The topological polar surface area (TPSA) is 71.1 Å². The summed E-state index contributed by atoms with van der Waals surface area (Å²) >= 11 is 1.29. The van der Waals surface area contributed by atoms with E-state index in [2.05, 4.69) is 15.6 Å². The summed E-state index contributed by atoms with van der Waals surface area (Å²) in [6.45, 7) is 0. The van der Waals surface area contributed by atoms with E-state index in [0.717, 1.165) is 4.70 Å². The van der Waals surface area contributed by atoms with E-state index in [1.54, 1.807) is 48.5 Å². The first kappa shape index (κ1) is 17.8. The number of nitrogens with one attached hydrogen (secondary N) is 2. The molecule has 0 saturated heterocycles. The molecule has 0 unspecified atom stereocenters. The van der Waals surface area contributed by atoms with Crippen LogP contribution in [0.25, 0.3) is 10.2 Å². The smallest absolute Gasteiger partial charge is 0.258 e. The standard InChI is InChI=1S/C21H14FN3O2S/c22-16-9-5-4-8-15(16)20(27)23-14-10-11-17-18(12-14)28-21(24-17)25-19(26)13-6-2-1-3-7-13/h1-12H,(H,23,27)(H,24,25,26). The van der Waals surface area contributed by atoms with Crippen molar-refractivity contribution in [2.45, 2.75) is 0 Å². The fourth-order valence-corrected chi connectivity index (χ4v) is 3.56. The SMILES string of the molecule is O=C(Nc1nc2ccc(NC(=O)c3ccccc3F)cc2s1)c1ccccc1. The van der Waals surface area contributed by atoms with Gasteiger partial charge < -0.3 is 5.32 Å². The average molecular weight is 391 g/mol. The van der Waals surface area contributed by atoms with Crippen LogP contribution in [0, 0.1) is 5.82 Å². The van der Waals surface area contributed by atoms with Gasteiger partial charge >= 0.3 is 0 Å². The third-order valence-electron chi connectivity index (χ3n) is 4.02. The van der Waals surface area contributed by atoms with E-state index in [4.69, 9.17) is 0 Å². The Morgan fingerprint density at radius 2 is 1.61 bits per heavy atom. The van der Waals surface area contributed by atoms with Crippen LogP contribution in [0.3, 0.4) is 0 Å². The minimum Gasteiger partial charge on any atom is -0.322 e. The van der Waals surface area contributed by atoms with E-state index in [-0.39, 0.29) is 11.5 Å². The van der Waals surface area contributed by atoms with Gasteiger partial charge in [-0.1, -0.05) is 41.7 Å². The fraction of sp³-hybridized carbons (Fsp3) is 0. The lowest BCUT2D eigenvalue weighted by atomic mass is 10.2. The summed E-state index contributed by atoms with van der Waals surface area (Å²) in [7, 11) is 0. The zero-order valence-corrected chi connectivity index (χ0v) is 15.3. The third-order valence-corrected chi connectivity index (χ3v) is 4.95. The lowest BCUT2D eigenvalue weighted by Crippen LogP contribution is -2.13. The first-order valence-electron chi connectivity index (χ1n) is 8.43. The number of rotatable bonds is 4. The van der Waals surface area contributed by atoms with Crippen LogP contribution in [0.1, 0.15) is 20.7 Å². The normalized spacial score (nSPS) is 10.6. The molecule has 4 aromatic rings. The summed E-state index contributed by atoms with van der Waals surface area (Å²) in [4.78, 5) is 28.9. The van der Waals surface area contributed by atoms with Gasteiger partial charge in [-0.05, 0) is 42.5 Å². The summed E-state index contributed by atoms with van der Waals surface area (Å²) in [6.07, 6.45) is 0. The van der Waals surface area contributed by atoms with Crippen molar-refractivity contribution in [3.63, 3.8) is 0 Å². The number of fused-ring (bicyclic) bond motifs is 1. The van der Waals surface area contributed by atoms with Crippen molar-refractivity contribution in [3.8, 4) is 0 Å². The third kappa shape index (κ3) is 3.74. The molecule has 0 aliphatic heterocycles. The molecule has 0 fully saturated rings. The molecule has 3 aromatic carbocycles. The highest BCUT2D eigenvalue weighted by Gasteiger charge is 2.13. The number of anilines is 2. The second kappa shape index (κ2) is 7.58. The van der Waals surface area contributed by atoms with Gasteiger partial charge in [-0.15, -0.1) is 0 Å². The number of nitrogens with zero attached hydrogens (tertiary/aromatic N) is 1. The Balaban J connectivity index is 1.53. The van der Waals surface area contributed by atoms with Crippen LogP contribution in [0.4, 0.5) is 15.2 Å². The van der Waals surface area contributed by atoms with Gasteiger partial charge in [-0.25, -0.2) is 9.37 Å². The number of hydrogen-bond donors (Lipinski definition) is 2. The van der Waals surface area contributed by atoms with E-state index >= 15 is 0 Å². The molecular formula is C21H14FN3O2S. The van der Waals surface area contributed by atoms with Crippen LogP contribution in [-0.2, 0) is 0 Å². The molecule has 138 valence electrons. The number of halogens is 1. The predicted molar refractivity (Wildman–Crippen MR) is 108 cm³/mol. The van der Waals surface area contributed by atoms with Crippen molar-refractivity contribution in [1.29, 1.82) is 0 Å². The second-order valence-corrected chi connectivity index (χ2v) is 6.99. The number of benzene rings is 3. The average Bonchev–Trinajstić information content (AvgIpc) is 3.10. The fourth-order valence-electron chi connectivity index (χ4n) is 2.66. The zero-order chi connectivity index (χ0) is 19.5. The molecule has 2 amide bonds. The number of carbonyl (C=O) groups is 2. The first-order valence-corrected chi connectivity index (χ1v) is 9.25. The van der Waals surface area contributed by atoms with Gasteiger partial charge in [0.05, 0.1) is 15.8 Å². The monoisotopic (exact) mass is 391 g/mol. The number of hydrogen-bond acceptors (Lipinski definition) is 4. The highest BCUT2D eigenvalue weighted by Crippen LogP contribution is 2.29. The summed E-state index contributed by atoms with van der Waals surface area (Å²) in [6, 6.07) is 19.8. The van der Waals surface area contributed by atoms with Crippen molar-refractivity contribution in [2.75, 3.05) is 10.6 Å². The number of carbonyl (C=O) groups excluding carboxylic acids is 2. The Hall–Kier alpha value is -3.58. The molecule has 0 aliphatic carbocycles. The molecule has 1 heterocycles. The van der Waals surface area contributed by atoms with Crippen LogP contribution in [-0.4, -0.2) is 16.8 Å². The molecule has 28 heavy (non-hydrogen) atoms. The second-order valence-electron chi connectivity index (χ2n) is 5.96. The van der Waals surface area contributed by atoms with Gasteiger partial charge in [0, 0.05) is 11.3 Å². The van der Waals surface area contributed by atoms with Crippen LogP contribution < -0.4 is 10.6 Å². The molecule has 0 saturated carbocycles. The maximum absolute atomic E-state index is 13.8. The molecule has 5 nitrogen and oxygen atoms in total. The molecule has 0 atom stereocenters. The Bertz CT molecular complexity index is 1170. The molecule has 0 radical (unpaired) electrons. The van der Waals surface area contributed by atoms with E-state index < -0.39 is 11.7 Å². The largest absolute Gasteiger partial charge is 0.322 e.